The summed E-state index contributed by atoms with van der Waals surface area (Å²) in [6.07, 6.45) is 0. The second-order valence-corrected chi connectivity index (χ2v) is 5.08. The molecule has 3 rings (SSSR count). The first kappa shape index (κ1) is 13.1. The van der Waals surface area contributed by atoms with Crippen LogP contribution in [0.3, 0.4) is 0 Å². The minimum absolute atomic E-state index is 0.362. The van der Waals surface area contributed by atoms with E-state index in [-0.39, 0.29) is 0 Å². The number of aryl methyl sites for hydroxylation is 2. The highest BCUT2D eigenvalue weighted by atomic mass is 35.5. The third-order valence-electron chi connectivity index (χ3n) is 3.20. The van der Waals surface area contributed by atoms with E-state index in [1.807, 2.05) is 48.7 Å². The maximum atomic E-state index is 6.01. The number of aromatic nitrogens is 4. The first-order chi connectivity index (χ1) is 9.67. The predicted octanol–water partition coefficient (Wildman–Crippen LogP) is 3.23. The molecule has 20 heavy (non-hydrogen) atoms. The smallest absolute Gasteiger partial charge is 0.160 e. The van der Waals surface area contributed by atoms with Gasteiger partial charge in [0.1, 0.15) is 11.3 Å². The number of hydrogen-bond donors (Lipinski definition) is 0. The molecule has 0 amide bonds. The molecule has 0 atom stereocenters. The van der Waals surface area contributed by atoms with Gasteiger partial charge in [-0.3, -0.25) is 4.98 Å². The van der Waals surface area contributed by atoms with Crippen LogP contribution in [-0.2, 0) is 12.4 Å². The molecule has 3 aromatic rings. The molecule has 0 aliphatic carbocycles. The molecule has 0 fully saturated rings. The van der Waals surface area contributed by atoms with Crippen molar-refractivity contribution in [3.8, 4) is 0 Å². The lowest BCUT2D eigenvalue weighted by atomic mass is 10.3. The van der Waals surface area contributed by atoms with Gasteiger partial charge in [-0.2, -0.15) is 0 Å². The van der Waals surface area contributed by atoms with Crippen molar-refractivity contribution in [2.75, 3.05) is 0 Å². The van der Waals surface area contributed by atoms with Crippen LogP contribution in [0.15, 0.2) is 30.3 Å². The van der Waals surface area contributed by atoms with Gasteiger partial charge < -0.3 is 4.57 Å². The number of halogens is 1. The average Bonchev–Trinajstić information content (AvgIpc) is 2.76. The summed E-state index contributed by atoms with van der Waals surface area (Å²) in [7, 11) is 0. The summed E-state index contributed by atoms with van der Waals surface area (Å²) in [5, 5.41) is 0. The number of alkyl halides is 1. The van der Waals surface area contributed by atoms with E-state index < -0.39 is 0 Å². The lowest BCUT2D eigenvalue weighted by molar-refractivity contribution is 0.747. The van der Waals surface area contributed by atoms with E-state index >= 15 is 0 Å². The van der Waals surface area contributed by atoms with E-state index in [9.17, 15) is 0 Å². The maximum absolute atomic E-state index is 6.01. The Bertz CT molecular complexity index is 764. The standard InChI is InChI=1S/C15H15ClN4/c1-10-4-3-5-12(17-10)9-20-14(8-16)19-13-7-6-11(2)18-15(13)20/h3-7H,8-9H2,1-2H3. The van der Waals surface area contributed by atoms with Crippen LogP contribution < -0.4 is 0 Å². The van der Waals surface area contributed by atoms with Gasteiger partial charge in [-0.15, -0.1) is 11.6 Å². The molecule has 0 saturated carbocycles. The minimum Gasteiger partial charge on any atom is -0.306 e. The van der Waals surface area contributed by atoms with Crippen LogP contribution >= 0.6 is 11.6 Å². The minimum atomic E-state index is 0.362. The molecular weight excluding hydrogens is 272 g/mol. The number of imidazole rings is 1. The van der Waals surface area contributed by atoms with Gasteiger partial charge in [0.15, 0.2) is 5.65 Å². The van der Waals surface area contributed by atoms with Crippen LogP contribution in [0.1, 0.15) is 22.9 Å². The number of fused-ring (bicyclic) bond motifs is 1. The highest BCUT2D eigenvalue weighted by Gasteiger charge is 2.12. The fourth-order valence-corrected chi connectivity index (χ4v) is 2.46. The number of rotatable bonds is 3. The van der Waals surface area contributed by atoms with E-state index in [1.165, 1.54) is 0 Å². The van der Waals surface area contributed by atoms with Crippen LogP contribution in [0.25, 0.3) is 11.2 Å². The van der Waals surface area contributed by atoms with E-state index in [1.54, 1.807) is 0 Å². The first-order valence-corrected chi connectivity index (χ1v) is 7.02. The van der Waals surface area contributed by atoms with E-state index in [0.29, 0.717) is 12.4 Å². The summed E-state index contributed by atoms with van der Waals surface area (Å²) in [5.41, 5.74) is 4.70. The zero-order valence-corrected chi connectivity index (χ0v) is 12.2. The van der Waals surface area contributed by atoms with Crippen molar-refractivity contribution in [3.05, 3.63) is 53.2 Å². The lowest BCUT2D eigenvalue weighted by Crippen LogP contribution is -2.06. The Kier molecular flexibility index (Phi) is 3.40. The Labute approximate surface area is 122 Å². The van der Waals surface area contributed by atoms with Gasteiger partial charge in [-0.25, -0.2) is 9.97 Å². The van der Waals surface area contributed by atoms with Gasteiger partial charge in [-0.1, -0.05) is 6.07 Å². The first-order valence-electron chi connectivity index (χ1n) is 6.48. The Balaban J connectivity index is 2.11. The van der Waals surface area contributed by atoms with Crippen molar-refractivity contribution in [3.63, 3.8) is 0 Å². The number of hydrogen-bond acceptors (Lipinski definition) is 3. The van der Waals surface area contributed by atoms with Crippen molar-refractivity contribution in [1.82, 2.24) is 19.5 Å². The molecule has 0 bridgehead atoms. The van der Waals surface area contributed by atoms with Gasteiger partial charge in [0.05, 0.1) is 18.1 Å². The summed E-state index contributed by atoms with van der Waals surface area (Å²) in [4.78, 5) is 13.6. The zero-order chi connectivity index (χ0) is 14.1. The number of pyridine rings is 2. The van der Waals surface area contributed by atoms with Gasteiger partial charge >= 0.3 is 0 Å². The highest BCUT2D eigenvalue weighted by molar-refractivity contribution is 6.16. The third kappa shape index (κ3) is 2.39. The molecule has 0 unspecified atom stereocenters. The maximum Gasteiger partial charge on any atom is 0.160 e. The second-order valence-electron chi connectivity index (χ2n) is 4.81. The average molecular weight is 287 g/mol. The Morgan fingerprint density at radius 1 is 1.00 bits per heavy atom. The van der Waals surface area contributed by atoms with Gasteiger partial charge in [-0.05, 0) is 38.1 Å². The van der Waals surface area contributed by atoms with E-state index in [4.69, 9.17) is 11.6 Å². The quantitative estimate of drug-likeness (QED) is 0.694. The van der Waals surface area contributed by atoms with Crippen molar-refractivity contribution in [1.29, 1.82) is 0 Å². The second kappa shape index (κ2) is 5.21. The summed E-state index contributed by atoms with van der Waals surface area (Å²) >= 11 is 6.01. The van der Waals surface area contributed by atoms with Crippen LogP contribution in [0.4, 0.5) is 0 Å². The normalized spacial score (nSPS) is 11.2. The molecule has 3 heterocycles. The van der Waals surface area contributed by atoms with Crippen molar-refractivity contribution >= 4 is 22.8 Å². The van der Waals surface area contributed by atoms with Crippen molar-refractivity contribution in [2.45, 2.75) is 26.3 Å². The molecule has 102 valence electrons. The van der Waals surface area contributed by atoms with E-state index in [2.05, 4.69) is 15.0 Å². The SMILES string of the molecule is Cc1cccc(Cn2c(CCl)nc3ccc(C)nc32)n1. The number of nitrogens with zero attached hydrogens (tertiary/aromatic N) is 4. The molecular formula is C15H15ClN4. The van der Waals surface area contributed by atoms with Gasteiger partial charge in [0.25, 0.3) is 0 Å². The molecule has 5 heteroatoms. The van der Waals surface area contributed by atoms with Crippen LogP contribution in [0.2, 0.25) is 0 Å². The fraction of sp³-hybridized carbons (Fsp3) is 0.267. The monoisotopic (exact) mass is 286 g/mol. The Morgan fingerprint density at radius 2 is 1.80 bits per heavy atom. The van der Waals surface area contributed by atoms with E-state index in [0.717, 1.165) is 34.1 Å². The summed E-state index contributed by atoms with van der Waals surface area (Å²) in [5.74, 6) is 1.18. The molecule has 4 nitrogen and oxygen atoms in total. The van der Waals surface area contributed by atoms with Crippen molar-refractivity contribution in [2.24, 2.45) is 0 Å². The molecule has 0 radical (unpaired) electrons. The van der Waals surface area contributed by atoms with Gasteiger partial charge in [0.2, 0.25) is 0 Å². The predicted molar refractivity (Wildman–Crippen MR) is 79.9 cm³/mol. The highest BCUT2D eigenvalue weighted by Crippen LogP contribution is 2.17. The van der Waals surface area contributed by atoms with Crippen molar-refractivity contribution < 1.29 is 0 Å². The molecule has 0 spiro atoms. The van der Waals surface area contributed by atoms with Gasteiger partial charge in [0, 0.05) is 11.4 Å². The third-order valence-corrected chi connectivity index (χ3v) is 3.44. The summed E-state index contributed by atoms with van der Waals surface area (Å²) in [6, 6.07) is 9.94. The largest absolute Gasteiger partial charge is 0.306 e. The summed E-state index contributed by atoms with van der Waals surface area (Å²) < 4.78 is 2.04. The Hall–Kier alpha value is -1.94. The lowest BCUT2D eigenvalue weighted by Gasteiger charge is -2.07. The zero-order valence-electron chi connectivity index (χ0n) is 11.5. The Morgan fingerprint density at radius 3 is 2.55 bits per heavy atom. The van der Waals surface area contributed by atoms with Crippen LogP contribution in [-0.4, -0.2) is 19.5 Å². The summed E-state index contributed by atoms with van der Waals surface area (Å²) in [6.45, 7) is 4.60. The molecule has 0 aliphatic rings. The molecule has 0 saturated heterocycles. The molecule has 0 aromatic carbocycles. The van der Waals surface area contributed by atoms with Crippen LogP contribution in [0.5, 0.6) is 0 Å². The molecule has 0 N–H and O–H groups in total. The fourth-order valence-electron chi connectivity index (χ4n) is 2.26. The topological polar surface area (TPSA) is 43.6 Å². The molecule has 0 aliphatic heterocycles. The molecule has 3 aromatic heterocycles. The van der Waals surface area contributed by atoms with Crippen LogP contribution in [0, 0.1) is 13.8 Å².